The molecule has 0 aliphatic heterocycles. The fourth-order valence-electron chi connectivity index (χ4n) is 2.83. The van der Waals surface area contributed by atoms with E-state index in [0.29, 0.717) is 28.6 Å². The Morgan fingerprint density at radius 2 is 2.07 bits per heavy atom. The highest BCUT2D eigenvalue weighted by Gasteiger charge is 2.20. The first-order valence-electron chi connectivity index (χ1n) is 8.44. The zero-order valence-electron chi connectivity index (χ0n) is 15.4. The third-order valence-corrected chi connectivity index (χ3v) is 5.75. The summed E-state index contributed by atoms with van der Waals surface area (Å²) in [5.41, 5.74) is 2.07. The highest BCUT2D eigenvalue weighted by molar-refractivity contribution is 7.90. The molecule has 0 bridgehead atoms. The topological polar surface area (TPSA) is 79.0 Å². The number of rotatable bonds is 7. The second-order valence-electron chi connectivity index (χ2n) is 6.22. The summed E-state index contributed by atoms with van der Waals surface area (Å²) in [6.07, 6.45) is 4.56. The molecule has 0 aliphatic rings. The Hall–Kier alpha value is -2.32. The van der Waals surface area contributed by atoms with Gasteiger partial charge in [0.1, 0.15) is 6.61 Å². The van der Waals surface area contributed by atoms with Crippen molar-refractivity contribution in [3.63, 3.8) is 0 Å². The molecule has 2 heterocycles. The van der Waals surface area contributed by atoms with Crippen LogP contribution in [-0.4, -0.2) is 34.2 Å². The summed E-state index contributed by atoms with van der Waals surface area (Å²) in [6.45, 7) is 5.03. The first-order chi connectivity index (χ1) is 12.8. The number of benzene rings is 1. The van der Waals surface area contributed by atoms with Gasteiger partial charge in [-0.3, -0.25) is 4.68 Å². The summed E-state index contributed by atoms with van der Waals surface area (Å²) >= 11 is 6.57. The summed E-state index contributed by atoms with van der Waals surface area (Å²) in [6, 6.07) is 6.88. The van der Waals surface area contributed by atoms with E-state index in [1.165, 1.54) is 6.26 Å². The molecule has 0 radical (unpaired) electrons. The van der Waals surface area contributed by atoms with Crippen LogP contribution in [-0.2, 0) is 29.5 Å². The van der Waals surface area contributed by atoms with E-state index < -0.39 is 9.84 Å². The molecular weight excluding hydrogens is 388 g/mol. The fraction of sp³-hybridized carbons (Fsp3) is 0.333. The van der Waals surface area contributed by atoms with E-state index in [9.17, 15) is 8.42 Å². The minimum atomic E-state index is -3.43. The quantitative estimate of drug-likeness (QED) is 0.600. The molecule has 0 saturated carbocycles. The van der Waals surface area contributed by atoms with Crippen LogP contribution in [0.25, 0.3) is 0 Å². The van der Waals surface area contributed by atoms with Crippen molar-refractivity contribution in [3.05, 3.63) is 58.5 Å². The molecule has 1 aromatic carbocycles. The molecule has 0 fully saturated rings. The minimum Gasteiger partial charge on any atom is -0.473 e. The lowest BCUT2D eigenvalue weighted by molar-refractivity contribution is 0.273. The molecular formula is C18H21ClN4O3S. The summed E-state index contributed by atoms with van der Waals surface area (Å²) in [7, 11) is -3.43. The second-order valence-corrected chi connectivity index (χ2v) is 8.58. The largest absolute Gasteiger partial charge is 0.473 e. The van der Waals surface area contributed by atoms with E-state index in [0.717, 1.165) is 5.69 Å². The van der Waals surface area contributed by atoms with Crippen LogP contribution in [0.2, 0.25) is 5.02 Å². The van der Waals surface area contributed by atoms with Gasteiger partial charge < -0.3 is 4.74 Å². The predicted molar refractivity (Wildman–Crippen MR) is 103 cm³/mol. The van der Waals surface area contributed by atoms with Gasteiger partial charge >= 0.3 is 0 Å². The third kappa shape index (κ3) is 4.33. The van der Waals surface area contributed by atoms with Crippen LogP contribution in [0, 0.1) is 6.92 Å². The molecule has 0 aliphatic carbocycles. The van der Waals surface area contributed by atoms with E-state index in [1.54, 1.807) is 40.0 Å². The Balaban J connectivity index is 1.94. The lowest BCUT2D eigenvalue weighted by atomic mass is 10.1. The van der Waals surface area contributed by atoms with Gasteiger partial charge in [-0.1, -0.05) is 17.7 Å². The summed E-state index contributed by atoms with van der Waals surface area (Å²) < 4.78 is 33.6. The maximum Gasteiger partial charge on any atom is 0.212 e. The van der Waals surface area contributed by atoms with Gasteiger partial charge in [0.2, 0.25) is 5.88 Å². The van der Waals surface area contributed by atoms with Gasteiger partial charge in [0.15, 0.2) is 9.84 Å². The SMILES string of the molecule is CCn1nc(C)cc1OCc1ccc(S(C)(=O)=O)c(Cn2cccn2)c1Cl. The first kappa shape index (κ1) is 19.4. The maximum absolute atomic E-state index is 12.2. The third-order valence-electron chi connectivity index (χ3n) is 4.10. The van der Waals surface area contributed by atoms with Crippen LogP contribution in [0.1, 0.15) is 23.7 Å². The van der Waals surface area contributed by atoms with Crippen LogP contribution in [0.5, 0.6) is 5.88 Å². The number of hydrogen-bond donors (Lipinski definition) is 0. The number of aryl methyl sites for hydroxylation is 2. The fourth-order valence-corrected chi connectivity index (χ4v) is 4.09. The molecule has 2 aromatic heterocycles. The number of nitrogens with zero attached hydrogens (tertiary/aromatic N) is 4. The predicted octanol–water partition coefficient (Wildman–Crippen LogP) is 3.09. The molecule has 27 heavy (non-hydrogen) atoms. The Morgan fingerprint density at radius 3 is 2.70 bits per heavy atom. The van der Waals surface area contributed by atoms with Gasteiger partial charge in [0.05, 0.1) is 22.2 Å². The average Bonchev–Trinajstić information content (AvgIpc) is 3.23. The van der Waals surface area contributed by atoms with Crippen molar-refractivity contribution in [1.82, 2.24) is 19.6 Å². The van der Waals surface area contributed by atoms with Gasteiger partial charge in [0, 0.05) is 42.4 Å². The zero-order chi connectivity index (χ0) is 19.6. The number of ether oxygens (including phenoxy) is 1. The normalized spacial score (nSPS) is 11.7. The van der Waals surface area contributed by atoms with Gasteiger partial charge in [-0.25, -0.2) is 13.1 Å². The van der Waals surface area contributed by atoms with E-state index in [2.05, 4.69) is 10.2 Å². The van der Waals surface area contributed by atoms with Crippen molar-refractivity contribution < 1.29 is 13.2 Å². The Bertz CT molecular complexity index is 1040. The number of aromatic nitrogens is 4. The summed E-state index contributed by atoms with van der Waals surface area (Å²) in [4.78, 5) is 0.196. The van der Waals surface area contributed by atoms with Crippen molar-refractivity contribution in [3.8, 4) is 5.88 Å². The molecule has 3 rings (SSSR count). The molecule has 0 amide bonds. The molecule has 144 valence electrons. The molecule has 0 spiro atoms. The van der Waals surface area contributed by atoms with Crippen molar-refractivity contribution in [1.29, 1.82) is 0 Å². The zero-order valence-corrected chi connectivity index (χ0v) is 17.0. The summed E-state index contributed by atoms with van der Waals surface area (Å²) in [5.74, 6) is 0.645. The molecule has 3 aromatic rings. The van der Waals surface area contributed by atoms with Crippen LogP contribution in [0.3, 0.4) is 0 Å². The molecule has 0 saturated heterocycles. The van der Waals surface area contributed by atoms with Gasteiger partial charge in [-0.05, 0) is 26.0 Å². The lowest BCUT2D eigenvalue weighted by Gasteiger charge is -2.15. The molecule has 0 N–H and O–H groups in total. The number of sulfone groups is 1. The van der Waals surface area contributed by atoms with Crippen LogP contribution in [0.15, 0.2) is 41.6 Å². The van der Waals surface area contributed by atoms with E-state index >= 15 is 0 Å². The van der Waals surface area contributed by atoms with Crippen molar-refractivity contribution >= 4 is 21.4 Å². The van der Waals surface area contributed by atoms with E-state index in [4.69, 9.17) is 16.3 Å². The lowest BCUT2D eigenvalue weighted by Crippen LogP contribution is -2.11. The Kier molecular flexibility index (Phi) is 5.57. The van der Waals surface area contributed by atoms with Crippen molar-refractivity contribution in [2.45, 2.75) is 38.4 Å². The molecule has 0 unspecified atom stereocenters. The van der Waals surface area contributed by atoms with Crippen LogP contribution < -0.4 is 4.74 Å². The molecule has 0 atom stereocenters. The van der Waals surface area contributed by atoms with Crippen molar-refractivity contribution in [2.75, 3.05) is 6.26 Å². The Morgan fingerprint density at radius 1 is 1.30 bits per heavy atom. The maximum atomic E-state index is 12.2. The molecule has 9 heteroatoms. The molecule has 7 nitrogen and oxygen atoms in total. The highest BCUT2D eigenvalue weighted by Crippen LogP contribution is 2.30. The number of hydrogen-bond acceptors (Lipinski definition) is 5. The monoisotopic (exact) mass is 408 g/mol. The second kappa shape index (κ2) is 7.74. The van der Waals surface area contributed by atoms with Gasteiger partial charge in [-0.15, -0.1) is 0 Å². The summed E-state index contributed by atoms with van der Waals surface area (Å²) in [5, 5.41) is 8.86. The van der Waals surface area contributed by atoms with Gasteiger partial charge in [0.25, 0.3) is 0 Å². The van der Waals surface area contributed by atoms with Crippen molar-refractivity contribution in [2.24, 2.45) is 0 Å². The Labute approximate surface area is 163 Å². The smallest absolute Gasteiger partial charge is 0.212 e. The number of halogens is 1. The highest BCUT2D eigenvalue weighted by atomic mass is 35.5. The average molecular weight is 409 g/mol. The van der Waals surface area contributed by atoms with Crippen LogP contribution >= 0.6 is 11.6 Å². The van der Waals surface area contributed by atoms with Gasteiger partial charge in [-0.2, -0.15) is 10.2 Å². The minimum absolute atomic E-state index is 0.196. The van der Waals surface area contributed by atoms with E-state index in [-0.39, 0.29) is 18.0 Å². The van der Waals surface area contributed by atoms with E-state index in [1.807, 2.05) is 19.9 Å². The standard InChI is InChI=1S/C18H21ClN4O3S/c1-4-23-17(10-13(2)21-23)26-12-14-6-7-16(27(3,24)25)15(18(14)19)11-22-9-5-8-20-22/h5-10H,4,11-12H2,1-3H3. The van der Waals surface area contributed by atoms with Crippen LogP contribution in [0.4, 0.5) is 0 Å². The first-order valence-corrected chi connectivity index (χ1v) is 10.7.